The molecular formula is C17H19Br2N3O9. The van der Waals surface area contributed by atoms with Gasteiger partial charge in [0, 0.05) is 44.1 Å². The summed E-state index contributed by atoms with van der Waals surface area (Å²) in [6, 6.07) is 0. The van der Waals surface area contributed by atoms with E-state index in [4.69, 9.17) is 9.68 Å². The van der Waals surface area contributed by atoms with Gasteiger partial charge in [-0.25, -0.2) is 9.59 Å². The fourth-order valence-electron chi connectivity index (χ4n) is 2.66. The molecule has 0 aromatic carbocycles. The summed E-state index contributed by atoms with van der Waals surface area (Å²) in [5.41, 5.74) is 0. The summed E-state index contributed by atoms with van der Waals surface area (Å²) >= 11 is 6.31. The van der Waals surface area contributed by atoms with E-state index in [0.717, 1.165) is 0 Å². The molecule has 1 unspecified atom stereocenters. The number of hydrogen-bond acceptors (Lipinski definition) is 9. The molecule has 170 valence electrons. The zero-order valence-electron chi connectivity index (χ0n) is 16.2. The minimum Gasteiger partial charge on any atom is -0.341 e. The van der Waals surface area contributed by atoms with Crippen molar-refractivity contribution in [3.8, 4) is 0 Å². The van der Waals surface area contributed by atoms with Gasteiger partial charge in [-0.05, 0) is 0 Å². The first-order chi connectivity index (χ1) is 14.6. The van der Waals surface area contributed by atoms with Gasteiger partial charge < -0.3 is 14.6 Å². The molecule has 14 heteroatoms. The van der Waals surface area contributed by atoms with Gasteiger partial charge in [0.2, 0.25) is 5.91 Å². The molecule has 0 N–H and O–H groups in total. The summed E-state index contributed by atoms with van der Waals surface area (Å²) in [5, 5.41) is 1.06. The summed E-state index contributed by atoms with van der Waals surface area (Å²) in [4.78, 5) is 92.6. The van der Waals surface area contributed by atoms with Gasteiger partial charge in [0.1, 0.15) is 4.83 Å². The standard InChI is InChI=1S/C17H19Br2N3O9/c18-9-10(19)17(29)20(7-5-15(27)30-21-11(23)1-2-12(21)24)8-6-16(28)31-22-13(25)3-4-14(22)26/h10H,1-9H2. The number of hydroxylamine groups is 4. The normalized spacial score (nSPS) is 17.2. The third-order valence-electron chi connectivity index (χ3n) is 4.28. The van der Waals surface area contributed by atoms with Crippen molar-refractivity contribution >= 4 is 73.3 Å². The van der Waals surface area contributed by atoms with Gasteiger partial charge in [0.15, 0.2) is 0 Å². The molecule has 2 fully saturated rings. The van der Waals surface area contributed by atoms with E-state index in [1.54, 1.807) is 0 Å². The van der Waals surface area contributed by atoms with Crippen LogP contribution in [0.25, 0.3) is 0 Å². The Morgan fingerprint density at radius 3 is 1.48 bits per heavy atom. The zero-order chi connectivity index (χ0) is 23.1. The van der Waals surface area contributed by atoms with E-state index in [1.165, 1.54) is 4.90 Å². The lowest BCUT2D eigenvalue weighted by atomic mass is 10.3. The molecule has 2 rings (SSSR count). The Balaban J connectivity index is 1.90. The molecule has 2 aliphatic rings. The highest BCUT2D eigenvalue weighted by Crippen LogP contribution is 2.15. The fraction of sp³-hybridized carbons (Fsp3) is 0.588. The van der Waals surface area contributed by atoms with Gasteiger partial charge in [-0.15, -0.1) is 10.1 Å². The monoisotopic (exact) mass is 567 g/mol. The quantitative estimate of drug-likeness (QED) is 0.261. The van der Waals surface area contributed by atoms with Gasteiger partial charge in [0.25, 0.3) is 23.6 Å². The van der Waals surface area contributed by atoms with E-state index in [0.29, 0.717) is 10.1 Å². The Labute approximate surface area is 193 Å². The molecule has 12 nitrogen and oxygen atoms in total. The number of rotatable bonds is 10. The maximum Gasteiger partial charge on any atom is 0.334 e. The van der Waals surface area contributed by atoms with Crippen LogP contribution >= 0.6 is 31.9 Å². The Morgan fingerprint density at radius 1 is 0.806 bits per heavy atom. The van der Waals surface area contributed by atoms with Gasteiger partial charge in [-0.1, -0.05) is 31.9 Å². The lowest BCUT2D eigenvalue weighted by Gasteiger charge is -2.24. The van der Waals surface area contributed by atoms with Crippen LogP contribution in [0.3, 0.4) is 0 Å². The number of amides is 5. The highest BCUT2D eigenvalue weighted by Gasteiger charge is 2.34. The molecule has 31 heavy (non-hydrogen) atoms. The number of imide groups is 2. The summed E-state index contributed by atoms with van der Waals surface area (Å²) in [5.74, 6) is -4.75. The van der Waals surface area contributed by atoms with E-state index in [1.807, 2.05) is 0 Å². The second kappa shape index (κ2) is 11.3. The predicted molar refractivity (Wildman–Crippen MR) is 107 cm³/mol. The number of alkyl halides is 2. The van der Waals surface area contributed by atoms with Crippen LogP contribution in [0.1, 0.15) is 38.5 Å². The van der Waals surface area contributed by atoms with Crippen molar-refractivity contribution in [3.05, 3.63) is 0 Å². The van der Waals surface area contributed by atoms with Crippen LogP contribution in [0.2, 0.25) is 0 Å². The van der Waals surface area contributed by atoms with E-state index < -0.39 is 46.3 Å². The molecule has 5 amide bonds. The average molecular weight is 569 g/mol. The van der Waals surface area contributed by atoms with Gasteiger partial charge >= 0.3 is 11.9 Å². The largest absolute Gasteiger partial charge is 0.341 e. The molecular weight excluding hydrogens is 550 g/mol. The number of carbonyl (C=O) groups is 7. The maximum absolute atomic E-state index is 12.5. The number of carbonyl (C=O) groups excluding carboxylic acids is 7. The number of halogens is 2. The lowest BCUT2D eigenvalue weighted by Crippen LogP contribution is -2.41. The van der Waals surface area contributed by atoms with E-state index in [-0.39, 0.29) is 56.9 Å². The first-order valence-corrected chi connectivity index (χ1v) is 11.3. The molecule has 2 saturated heterocycles. The second-order valence-electron chi connectivity index (χ2n) is 6.54. The van der Waals surface area contributed by atoms with Gasteiger partial charge in [0.05, 0.1) is 12.8 Å². The molecule has 2 heterocycles. The topological polar surface area (TPSA) is 148 Å². The van der Waals surface area contributed by atoms with Gasteiger partial charge in [-0.3, -0.25) is 24.0 Å². The van der Waals surface area contributed by atoms with Crippen LogP contribution < -0.4 is 0 Å². The molecule has 2 aliphatic heterocycles. The fourth-order valence-corrected chi connectivity index (χ4v) is 3.23. The molecule has 0 aromatic rings. The van der Waals surface area contributed by atoms with Crippen molar-refractivity contribution in [2.75, 3.05) is 18.4 Å². The average Bonchev–Trinajstić information content (AvgIpc) is 3.22. The van der Waals surface area contributed by atoms with Crippen molar-refractivity contribution in [2.24, 2.45) is 0 Å². The maximum atomic E-state index is 12.5. The van der Waals surface area contributed by atoms with Gasteiger partial charge in [-0.2, -0.15) is 0 Å². The summed E-state index contributed by atoms with van der Waals surface area (Å²) in [6.07, 6.45) is -0.866. The van der Waals surface area contributed by atoms with Crippen molar-refractivity contribution in [3.63, 3.8) is 0 Å². The van der Waals surface area contributed by atoms with Crippen LogP contribution in [-0.4, -0.2) is 79.7 Å². The molecule has 1 atom stereocenters. The summed E-state index contributed by atoms with van der Waals surface area (Å²) in [6.45, 7) is -0.338. The van der Waals surface area contributed by atoms with Crippen molar-refractivity contribution in [1.82, 2.24) is 15.0 Å². The van der Waals surface area contributed by atoms with Crippen LogP contribution in [0, 0.1) is 0 Å². The smallest absolute Gasteiger partial charge is 0.334 e. The van der Waals surface area contributed by atoms with Crippen LogP contribution in [0.15, 0.2) is 0 Å². The van der Waals surface area contributed by atoms with Crippen LogP contribution in [0.5, 0.6) is 0 Å². The molecule has 0 aliphatic carbocycles. The Morgan fingerprint density at radius 2 is 1.16 bits per heavy atom. The SMILES string of the molecule is O=C(CCN(CCC(=O)ON1C(=O)CCC1=O)C(=O)C(Br)CBr)ON1C(=O)CCC1=O. The predicted octanol–water partition coefficient (Wildman–Crippen LogP) is -0.0320. The zero-order valence-corrected chi connectivity index (χ0v) is 19.4. The molecule has 0 radical (unpaired) electrons. The second-order valence-corrected chi connectivity index (χ2v) is 8.29. The molecule has 0 saturated carbocycles. The third-order valence-corrected chi connectivity index (χ3v) is 6.52. The summed E-state index contributed by atoms with van der Waals surface area (Å²) < 4.78 is 0. The minimum atomic E-state index is -0.901. The molecule has 0 bridgehead atoms. The highest BCUT2D eigenvalue weighted by atomic mass is 79.9. The van der Waals surface area contributed by atoms with E-state index >= 15 is 0 Å². The third kappa shape index (κ3) is 6.82. The van der Waals surface area contributed by atoms with Crippen LogP contribution in [-0.2, 0) is 43.2 Å². The first kappa shape index (κ1) is 24.9. The first-order valence-electron chi connectivity index (χ1n) is 9.26. The van der Waals surface area contributed by atoms with Crippen molar-refractivity contribution in [1.29, 1.82) is 0 Å². The van der Waals surface area contributed by atoms with E-state index in [9.17, 15) is 33.6 Å². The Kier molecular flexibility index (Phi) is 9.10. The molecule has 0 spiro atoms. The molecule has 0 aromatic heterocycles. The van der Waals surface area contributed by atoms with Crippen LogP contribution in [0.4, 0.5) is 0 Å². The lowest BCUT2D eigenvalue weighted by molar-refractivity contribution is -0.198. The van der Waals surface area contributed by atoms with E-state index in [2.05, 4.69) is 31.9 Å². The highest BCUT2D eigenvalue weighted by molar-refractivity contribution is 9.12. The minimum absolute atomic E-state index is 0.0443. The number of hydrogen-bond donors (Lipinski definition) is 0. The Hall–Kier alpha value is -2.35. The van der Waals surface area contributed by atoms with Crippen molar-refractivity contribution in [2.45, 2.75) is 43.4 Å². The summed E-state index contributed by atoms with van der Waals surface area (Å²) in [7, 11) is 0. The number of nitrogens with zero attached hydrogens (tertiary/aromatic N) is 3. The Bertz CT molecular complexity index is 718. The van der Waals surface area contributed by atoms with Crippen molar-refractivity contribution < 1.29 is 43.2 Å².